The number of thiazole rings is 1. The van der Waals surface area contributed by atoms with Gasteiger partial charge in [0.1, 0.15) is 5.01 Å². The van der Waals surface area contributed by atoms with Gasteiger partial charge in [-0.05, 0) is 25.1 Å². The Morgan fingerprint density at radius 2 is 1.88 bits per heavy atom. The van der Waals surface area contributed by atoms with Crippen LogP contribution < -0.4 is 0 Å². The molecule has 0 saturated carbocycles. The summed E-state index contributed by atoms with van der Waals surface area (Å²) in [6.45, 7) is 5.00. The van der Waals surface area contributed by atoms with E-state index in [9.17, 15) is 8.42 Å². The van der Waals surface area contributed by atoms with Crippen molar-refractivity contribution in [2.75, 3.05) is 26.2 Å². The van der Waals surface area contributed by atoms with Gasteiger partial charge in [0, 0.05) is 37.3 Å². The first-order valence-corrected chi connectivity index (χ1v) is 10.5. The van der Waals surface area contributed by atoms with Gasteiger partial charge in [0.05, 0.1) is 21.5 Å². The normalized spacial score (nSPS) is 17.3. The molecule has 0 radical (unpaired) electrons. The summed E-state index contributed by atoms with van der Waals surface area (Å²) in [4.78, 5) is 6.86. The molecule has 130 valence electrons. The SMILES string of the molecule is Cc1csc(CN2CCN(S(=O)(=O)c3ccc(Cl)c(Cl)c3)CC2)n1. The highest BCUT2D eigenvalue weighted by Crippen LogP contribution is 2.27. The van der Waals surface area contributed by atoms with Gasteiger partial charge in [0.2, 0.25) is 10.0 Å². The lowest BCUT2D eigenvalue weighted by Gasteiger charge is -2.33. The average molecular weight is 406 g/mol. The van der Waals surface area contributed by atoms with Crippen molar-refractivity contribution in [1.82, 2.24) is 14.2 Å². The summed E-state index contributed by atoms with van der Waals surface area (Å²) in [6.07, 6.45) is 0. The molecule has 24 heavy (non-hydrogen) atoms. The van der Waals surface area contributed by atoms with Gasteiger partial charge < -0.3 is 0 Å². The smallest absolute Gasteiger partial charge is 0.243 e. The van der Waals surface area contributed by atoms with Gasteiger partial charge in [0.25, 0.3) is 0 Å². The van der Waals surface area contributed by atoms with Crippen LogP contribution in [0.3, 0.4) is 0 Å². The molecule has 0 amide bonds. The Bertz CT molecular complexity index is 831. The molecule has 0 unspecified atom stereocenters. The van der Waals surface area contributed by atoms with Crippen LogP contribution in [0.4, 0.5) is 0 Å². The van der Waals surface area contributed by atoms with E-state index < -0.39 is 10.0 Å². The first kappa shape index (κ1) is 18.1. The van der Waals surface area contributed by atoms with Crippen molar-refractivity contribution in [3.63, 3.8) is 0 Å². The fraction of sp³-hybridized carbons (Fsp3) is 0.400. The Morgan fingerprint density at radius 3 is 2.46 bits per heavy atom. The molecule has 1 saturated heterocycles. The van der Waals surface area contributed by atoms with Gasteiger partial charge in [-0.25, -0.2) is 13.4 Å². The fourth-order valence-corrected chi connectivity index (χ4v) is 5.21. The van der Waals surface area contributed by atoms with Crippen LogP contribution in [0, 0.1) is 6.92 Å². The third kappa shape index (κ3) is 3.92. The molecule has 1 fully saturated rings. The van der Waals surface area contributed by atoms with E-state index in [0.29, 0.717) is 31.2 Å². The second-order valence-corrected chi connectivity index (χ2v) is 9.33. The fourth-order valence-electron chi connectivity index (χ4n) is 2.58. The highest BCUT2D eigenvalue weighted by molar-refractivity contribution is 7.89. The molecule has 2 aromatic rings. The minimum absolute atomic E-state index is 0.181. The molecular weight excluding hydrogens is 389 g/mol. The Labute approximate surface area is 155 Å². The summed E-state index contributed by atoms with van der Waals surface area (Å²) in [5.74, 6) is 0. The van der Waals surface area contributed by atoms with Crippen molar-refractivity contribution in [2.24, 2.45) is 0 Å². The number of nitrogens with zero attached hydrogens (tertiary/aromatic N) is 3. The number of benzene rings is 1. The zero-order valence-electron chi connectivity index (χ0n) is 13.1. The molecule has 0 spiro atoms. The van der Waals surface area contributed by atoms with Crippen LogP contribution in [-0.2, 0) is 16.6 Å². The largest absolute Gasteiger partial charge is 0.294 e. The van der Waals surface area contributed by atoms with Crippen molar-refractivity contribution in [3.05, 3.63) is 44.3 Å². The summed E-state index contributed by atoms with van der Waals surface area (Å²) in [6, 6.07) is 4.41. The van der Waals surface area contributed by atoms with E-state index in [-0.39, 0.29) is 9.92 Å². The second kappa shape index (κ2) is 7.27. The Balaban J connectivity index is 1.65. The monoisotopic (exact) mass is 405 g/mol. The van der Waals surface area contributed by atoms with Crippen molar-refractivity contribution in [3.8, 4) is 0 Å². The topological polar surface area (TPSA) is 53.5 Å². The van der Waals surface area contributed by atoms with Crippen molar-refractivity contribution in [1.29, 1.82) is 0 Å². The molecule has 1 aromatic carbocycles. The van der Waals surface area contributed by atoms with Gasteiger partial charge in [-0.3, -0.25) is 4.90 Å². The number of piperazine rings is 1. The number of rotatable bonds is 4. The first-order valence-electron chi connectivity index (χ1n) is 7.45. The van der Waals surface area contributed by atoms with E-state index in [1.165, 1.54) is 22.5 Å². The maximum atomic E-state index is 12.7. The third-order valence-corrected chi connectivity index (χ3v) is 7.47. The quantitative estimate of drug-likeness (QED) is 0.782. The molecule has 9 heteroatoms. The van der Waals surface area contributed by atoms with Gasteiger partial charge in [0.15, 0.2) is 0 Å². The predicted octanol–water partition coefficient (Wildman–Crippen LogP) is 3.26. The van der Waals surface area contributed by atoms with Crippen molar-refractivity contribution < 1.29 is 8.42 Å². The van der Waals surface area contributed by atoms with Crippen LogP contribution in [0.25, 0.3) is 0 Å². The molecule has 1 aliphatic heterocycles. The molecular formula is C15H17Cl2N3O2S2. The van der Waals surface area contributed by atoms with E-state index >= 15 is 0 Å². The van der Waals surface area contributed by atoms with Gasteiger partial charge in [-0.15, -0.1) is 11.3 Å². The molecule has 1 aromatic heterocycles. The predicted molar refractivity (Wildman–Crippen MR) is 97.3 cm³/mol. The first-order chi connectivity index (χ1) is 11.4. The third-order valence-electron chi connectivity index (χ3n) is 3.89. The number of aryl methyl sites for hydroxylation is 1. The lowest BCUT2D eigenvalue weighted by atomic mass is 10.3. The number of hydrogen-bond donors (Lipinski definition) is 0. The van der Waals surface area contributed by atoms with Gasteiger partial charge >= 0.3 is 0 Å². The van der Waals surface area contributed by atoms with Crippen LogP contribution in [0.2, 0.25) is 10.0 Å². The maximum Gasteiger partial charge on any atom is 0.243 e. The summed E-state index contributed by atoms with van der Waals surface area (Å²) >= 11 is 13.4. The molecule has 0 aliphatic carbocycles. The summed E-state index contributed by atoms with van der Waals surface area (Å²) in [5, 5.41) is 3.68. The molecule has 0 atom stereocenters. The van der Waals surface area contributed by atoms with E-state index in [1.807, 2.05) is 12.3 Å². The Kier molecular flexibility index (Phi) is 5.48. The minimum Gasteiger partial charge on any atom is -0.294 e. The molecule has 1 aliphatic rings. The molecule has 2 heterocycles. The van der Waals surface area contributed by atoms with E-state index in [2.05, 4.69) is 9.88 Å². The zero-order valence-corrected chi connectivity index (χ0v) is 16.2. The van der Waals surface area contributed by atoms with E-state index in [1.54, 1.807) is 11.3 Å². The highest BCUT2D eigenvalue weighted by Gasteiger charge is 2.29. The van der Waals surface area contributed by atoms with Crippen LogP contribution in [0.1, 0.15) is 10.7 Å². The van der Waals surface area contributed by atoms with Gasteiger partial charge in [-0.2, -0.15) is 4.31 Å². The summed E-state index contributed by atoms with van der Waals surface area (Å²) in [7, 11) is -3.54. The molecule has 5 nitrogen and oxygen atoms in total. The summed E-state index contributed by atoms with van der Waals surface area (Å²) < 4.78 is 26.9. The summed E-state index contributed by atoms with van der Waals surface area (Å²) in [5.41, 5.74) is 1.02. The minimum atomic E-state index is -3.54. The van der Waals surface area contributed by atoms with E-state index in [4.69, 9.17) is 23.2 Å². The second-order valence-electron chi connectivity index (χ2n) is 5.64. The van der Waals surface area contributed by atoms with Crippen molar-refractivity contribution in [2.45, 2.75) is 18.4 Å². The molecule has 3 rings (SSSR count). The number of sulfonamides is 1. The van der Waals surface area contributed by atoms with Crippen LogP contribution in [0.5, 0.6) is 0 Å². The Morgan fingerprint density at radius 1 is 1.17 bits per heavy atom. The number of aromatic nitrogens is 1. The van der Waals surface area contributed by atoms with Crippen LogP contribution in [-0.4, -0.2) is 48.8 Å². The van der Waals surface area contributed by atoms with E-state index in [0.717, 1.165) is 17.2 Å². The highest BCUT2D eigenvalue weighted by atomic mass is 35.5. The zero-order chi connectivity index (χ0) is 17.3. The molecule has 0 N–H and O–H groups in total. The maximum absolute atomic E-state index is 12.7. The average Bonchev–Trinajstić information content (AvgIpc) is 2.95. The number of hydrogen-bond acceptors (Lipinski definition) is 5. The lowest BCUT2D eigenvalue weighted by Crippen LogP contribution is -2.48. The number of halogens is 2. The standard InChI is InChI=1S/C15H17Cl2N3O2S2/c1-11-10-23-15(18-11)9-19-4-6-20(7-5-19)24(21,22)12-2-3-13(16)14(17)8-12/h2-3,8,10H,4-7,9H2,1H3. The van der Waals surface area contributed by atoms with Crippen LogP contribution in [0.15, 0.2) is 28.5 Å². The van der Waals surface area contributed by atoms with Crippen LogP contribution >= 0.6 is 34.5 Å². The van der Waals surface area contributed by atoms with Crippen molar-refractivity contribution >= 4 is 44.6 Å². The molecule has 0 bridgehead atoms. The van der Waals surface area contributed by atoms with Gasteiger partial charge in [-0.1, -0.05) is 23.2 Å². The Hall–Kier alpha value is -0.700. The lowest BCUT2D eigenvalue weighted by molar-refractivity contribution is 0.181.